The number of fused-ring (bicyclic) bond motifs is 1. The zero-order chi connectivity index (χ0) is 17.6. The first-order valence-corrected chi connectivity index (χ1v) is 8.39. The molecule has 1 saturated carbocycles. The molecule has 1 atom stereocenters. The van der Waals surface area contributed by atoms with Gasteiger partial charge in [-0.3, -0.25) is 9.20 Å². The lowest BCUT2D eigenvalue weighted by Crippen LogP contribution is -2.44. The lowest BCUT2D eigenvalue weighted by molar-refractivity contribution is -0.137. The first-order chi connectivity index (χ1) is 11.9. The zero-order valence-corrected chi connectivity index (χ0v) is 13.5. The van der Waals surface area contributed by atoms with Crippen molar-refractivity contribution >= 4 is 17.5 Å². The van der Waals surface area contributed by atoms with Crippen LogP contribution in [-0.2, 0) is 11.0 Å². The molecule has 25 heavy (non-hydrogen) atoms. The van der Waals surface area contributed by atoms with Crippen molar-refractivity contribution in [2.45, 2.75) is 37.9 Å². The van der Waals surface area contributed by atoms with E-state index < -0.39 is 11.7 Å². The quantitative estimate of drug-likeness (QED) is 0.919. The fourth-order valence-corrected chi connectivity index (χ4v) is 3.18. The molecule has 2 aromatic rings. The summed E-state index contributed by atoms with van der Waals surface area (Å²) in [5.41, 5.74) is -0.395. The summed E-state index contributed by atoms with van der Waals surface area (Å²) in [6, 6.07) is 2.60. The van der Waals surface area contributed by atoms with Gasteiger partial charge >= 0.3 is 6.18 Å². The topological polar surface area (TPSA) is 62.5 Å². The average Bonchev–Trinajstić information content (AvgIpc) is 3.29. The van der Waals surface area contributed by atoms with Crippen LogP contribution in [0.2, 0.25) is 0 Å². The number of alkyl halides is 3. The molecule has 1 aliphatic heterocycles. The highest BCUT2D eigenvalue weighted by Gasteiger charge is 2.33. The Labute approximate surface area is 142 Å². The highest BCUT2D eigenvalue weighted by molar-refractivity contribution is 5.80. The van der Waals surface area contributed by atoms with Gasteiger partial charge in [-0.1, -0.05) is 0 Å². The van der Waals surface area contributed by atoms with E-state index in [-0.39, 0.29) is 11.8 Å². The van der Waals surface area contributed by atoms with Crippen molar-refractivity contribution in [3.8, 4) is 0 Å². The third-order valence-corrected chi connectivity index (χ3v) is 4.71. The second kappa shape index (κ2) is 5.89. The summed E-state index contributed by atoms with van der Waals surface area (Å²) in [4.78, 5) is 14.1. The monoisotopic (exact) mass is 353 g/mol. The van der Waals surface area contributed by atoms with E-state index in [0.29, 0.717) is 30.7 Å². The average molecular weight is 353 g/mol. The predicted octanol–water partition coefficient (Wildman–Crippen LogP) is 2.24. The Morgan fingerprint density at radius 1 is 1.20 bits per heavy atom. The van der Waals surface area contributed by atoms with Gasteiger partial charge in [0.1, 0.15) is 0 Å². The smallest absolute Gasteiger partial charge is 0.353 e. The van der Waals surface area contributed by atoms with Crippen molar-refractivity contribution in [2.24, 2.45) is 5.92 Å². The highest BCUT2D eigenvalue weighted by atomic mass is 19.4. The summed E-state index contributed by atoms with van der Waals surface area (Å²) in [7, 11) is 0. The molecule has 1 saturated heterocycles. The van der Waals surface area contributed by atoms with Gasteiger partial charge < -0.3 is 10.2 Å². The maximum absolute atomic E-state index is 13.0. The molecule has 2 aliphatic rings. The van der Waals surface area contributed by atoms with Crippen molar-refractivity contribution in [2.75, 3.05) is 18.0 Å². The normalized spacial score (nSPS) is 21.6. The van der Waals surface area contributed by atoms with Gasteiger partial charge in [0.05, 0.1) is 11.5 Å². The van der Waals surface area contributed by atoms with E-state index in [2.05, 4.69) is 15.5 Å². The maximum atomic E-state index is 13.0. The van der Waals surface area contributed by atoms with Gasteiger partial charge in [0.2, 0.25) is 11.9 Å². The Kier molecular flexibility index (Phi) is 3.81. The number of nitrogens with one attached hydrogen (secondary N) is 1. The van der Waals surface area contributed by atoms with Gasteiger partial charge in [0, 0.05) is 25.3 Å². The van der Waals surface area contributed by atoms with Gasteiger partial charge in [0.25, 0.3) is 0 Å². The largest absolute Gasteiger partial charge is 0.417 e. The van der Waals surface area contributed by atoms with Crippen LogP contribution in [0.3, 0.4) is 0 Å². The third-order valence-electron chi connectivity index (χ3n) is 4.71. The van der Waals surface area contributed by atoms with Crippen LogP contribution < -0.4 is 10.2 Å². The molecule has 2 fully saturated rings. The predicted molar refractivity (Wildman–Crippen MR) is 84.1 cm³/mol. The number of hydrogen-bond donors (Lipinski definition) is 1. The van der Waals surface area contributed by atoms with Crippen molar-refractivity contribution in [1.29, 1.82) is 0 Å². The third kappa shape index (κ3) is 3.27. The molecule has 0 spiro atoms. The summed E-state index contributed by atoms with van der Waals surface area (Å²) >= 11 is 0. The minimum Gasteiger partial charge on any atom is -0.353 e. The number of halogens is 3. The minimum absolute atomic E-state index is 0.0250. The number of hydrogen-bond acceptors (Lipinski definition) is 4. The van der Waals surface area contributed by atoms with Crippen molar-refractivity contribution < 1.29 is 18.0 Å². The van der Waals surface area contributed by atoms with Crippen LogP contribution in [0.4, 0.5) is 19.1 Å². The molecular weight excluding hydrogens is 335 g/mol. The summed E-state index contributed by atoms with van der Waals surface area (Å²) in [6.45, 7) is 1.08. The Morgan fingerprint density at radius 3 is 2.72 bits per heavy atom. The number of pyridine rings is 1. The van der Waals surface area contributed by atoms with Gasteiger partial charge in [-0.05, 0) is 37.8 Å². The molecule has 0 radical (unpaired) electrons. The second-order valence-electron chi connectivity index (χ2n) is 6.71. The summed E-state index contributed by atoms with van der Waals surface area (Å²) in [6.07, 6.45) is 0.202. The van der Waals surface area contributed by atoms with Gasteiger partial charge in [-0.15, -0.1) is 10.2 Å². The minimum atomic E-state index is -4.43. The Balaban J connectivity index is 1.58. The maximum Gasteiger partial charge on any atom is 0.417 e. The van der Waals surface area contributed by atoms with Gasteiger partial charge in [-0.25, -0.2) is 0 Å². The Hall–Kier alpha value is -2.32. The first-order valence-electron chi connectivity index (χ1n) is 8.39. The molecular formula is C16H18F3N5O. The van der Waals surface area contributed by atoms with Crippen LogP contribution in [-0.4, -0.2) is 39.6 Å². The SMILES string of the molecule is O=C(NC1CC1)C1CCCN(c2nnc3ccc(C(F)(F)F)cn23)C1. The highest BCUT2D eigenvalue weighted by Crippen LogP contribution is 2.31. The molecule has 9 heteroatoms. The molecule has 1 unspecified atom stereocenters. The number of nitrogens with zero attached hydrogens (tertiary/aromatic N) is 4. The standard InChI is InChI=1S/C16H18F3N5O/c17-16(18,19)11-3-6-13-21-22-15(24(13)9-11)23-7-1-2-10(8-23)14(25)20-12-4-5-12/h3,6,9-10,12H,1-2,4-5,7-8H2,(H,20,25). The molecule has 4 rings (SSSR count). The number of rotatable bonds is 3. The van der Waals surface area contributed by atoms with Crippen LogP contribution in [0.25, 0.3) is 5.65 Å². The summed E-state index contributed by atoms with van der Waals surface area (Å²) in [5.74, 6) is 0.203. The molecule has 1 aliphatic carbocycles. The Morgan fingerprint density at radius 2 is 2.00 bits per heavy atom. The second-order valence-corrected chi connectivity index (χ2v) is 6.71. The number of anilines is 1. The molecule has 0 aromatic carbocycles. The van der Waals surface area contributed by atoms with E-state index in [1.807, 2.05) is 4.90 Å². The van der Waals surface area contributed by atoms with Crippen LogP contribution in [0.1, 0.15) is 31.2 Å². The van der Waals surface area contributed by atoms with E-state index >= 15 is 0 Å². The number of carbonyl (C=O) groups is 1. The van der Waals surface area contributed by atoms with E-state index in [1.165, 1.54) is 10.5 Å². The molecule has 2 aromatic heterocycles. The molecule has 1 N–H and O–H groups in total. The molecule has 1 amide bonds. The van der Waals surface area contributed by atoms with Gasteiger partial charge in [0.15, 0.2) is 5.65 Å². The van der Waals surface area contributed by atoms with E-state index in [9.17, 15) is 18.0 Å². The number of piperidine rings is 1. The molecule has 0 bridgehead atoms. The van der Waals surface area contributed by atoms with Crippen molar-refractivity contribution in [3.05, 3.63) is 23.9 Å². The van der Waals surface area contributed by atoms with Crippen LogP contribution in [0.5, 0.6) is 0 Å². The number of amides is 1. The fraction of sp³-hybridized carbons (Fsp3) is 0.562. The van der Waals surface area contributed by atoms with Crippen LogP contribution in [0, 0.1) is 5.92 Å². The molecule has 3 heterocycles. The Bertz CT molecular complexity index is 799. The summed E-state index contributed by atoms with van der Waals surface area (Å²) in [5, 5.41) is 11.0. The first kappa shape index (κ1) is 16.2. The lowest BCUT2D eigenvalue weighted by atomic mass is 9.97. The molecule has 134 valence electrons. The van der Waals surface area contributed by atoms with Crippen molar-refractivity contribution in [3.63, 3.8) is 0 Å². The van der Waals surface area contributed by atoms with E-state index in [1.54, 1.807) is 0 Å². The van der Waals surface area contributed by atoms with E-state index in [0.717, 1.165) is 37.9 Å². The van der Waals surface area contributed by atoms with E-state index in [4.69, 9.17) is 0 Å². The fourth-order valence-electron chi connectivity index (χ4n) is 3.18. The zero-order valence-electron chi connectivity index (χ0n) is 13.5. The molecule has 6 nitrogen and oxygen atoms in total. The van der Waals surface area contributed by atoms with Crippen molar-refractivity contribution in [1.82, 2.24) is 19.9 Å². The van der Waals surface area contributed by atoms with Crippen LogP contribution in [0.15, 0.2) is 18.3 Å². The number of carbonyl (C=O) groups excluding carboxylic acids is 1. The van der Waals surface area contributed by atoms with Crippen LogP contribution >= 0.6 is 0 Å². The number of aromatic nitrogens is 3. The lowest BCUT2D eigenvalue weighted by Gasteiger charge is -2.32. The summed E-state index contributed by atoms with van der Waals surface area (Å²) < 4.78 is 40.3. The van der Waals surface area contributed by atoms with Gasteiger partial charge in [-0.2, -0.15) is 13.2 Å².